The quantitative estimate of drug-likeness (QED) is 0.346. The van der Waals surface area contributed by atoms with Gasteiger partial charge in [-0.05, 0) is 59.7 Å². The monoisotopic (exact) mass is 489 g/mol. The van der Waals surface area contributed by atoms with Gasteiger partial charge in [0.25, 0.3) is 11.1 Å². The first-order valence-corrected chi connectivity index (χ1v) is 11.8. The van der Waals surface area contributed by atoms with Crippen molar-refractivity contribution in [3.8, 4) is 17.2 Å². The number of benzene rings is 2. The first-order valence-electron chi connectivity index (χ1n) is 10.8. The summed E-state index contributed by atoms with van der Waals surface area (Å²) in [5, 5.41) is 14.4. The van der Waals surface area contributed by atoms with E-state index in [2.05, 4.69) is 20.3 Å². The molecule has 10 heteroatoms. The van der Waals surface area contributed by atoms with E-state index in [-0.39, 0.29) is 28.7 Å². The van der Waals surface area contributed by atoms with Crippen molar-refractivity contribution in [1.82, 2.24) is 20.2 Å². The third-order valence-corrected chi connectivity index (χ3v) is 6.28. The molecule has 0 radical (unpaired) electrons. The van der Waals surface area contributed by atoms with Gasteiger partial charge in [-0.1, -0.05) is 23.9 Å². The van der Waals surface area contributed by atoms with Crippen molar-refractivity contribution in [2.24, 2.45) is 5.10 Å². The van der Waals surface area contributed by atoms with Crippen LogP contribution in [-0.4, -0.2) is 44.7 Å². The van der Waals surface area contributed by atoms with Crippen molar-refractivity contribution in [3.05, 3.63) is 90.0 Å². The molecule has 4 aromatic rings. The molecule has 0 aliphatic carbocycles. The zero-order chi connectivity index (χ0) is 24.2. The van der Waals surface area contributed by atoms with Crippen LogP contribution in [0.2, 0.25) is 0 Å². The number of aromatic nitrogens is 3. The number of thioether (sulfide) groups is 1. The largest absolute Gasteiger partial charge is 0.497 e. The van der Waals surface area contributed by atoms with Crippen LogP contribution in [0.4, 0.5) is 4.39 Å². The summed E-state index contributed by atoms with van der Waals surface area (Å²) >= 11 is 1.13. The van der Waals surface area contributed by atoms with Gasteiger partial charge < -0.3 is 9.15 Å². The van der Waals surface area contributed by atoms with Crippen molar-refractivity contribution in [2.45, 2.75) is 17.7 Å². The van der Waals surface area contributed by atoms with Gasteiger partial charge >= 0.3 is 0 Å². The Morgan fingerprint density at radius 2 is 1.91 bits per heavy atom. The lowest BCUT2D eigenvalue weighted by atomic mass is 9.98. The molecule has 8 nitrogen and oxygen atoms in total. The minimum absolute atomic E-state index is 0.0474. The van der Waals surface area contributed by atoms with E-state index in [1.807, 2.05) is 30.3 Å². The second-order valence-electron chi connectivity index (χ2n) is 7.69. The molecule has 0 spiro atoms. The zero-order valence-corrected chi connectivity index (χ0v) is 19.5. The Bertz CT molecular complexity index is 1340. The van der Waals surface area contributed by atoms with Crippen LogP contribution in [0.15, 0.2) is 87.8 Å². The molecular formula is C25H20FN5O3S. The van der Waals surface area contributed by atoms with Gasteiger partial charge in [-0.25, -0.2) is 9.40 Å². The summed E-state index contributed by atoms with van der Waals surface area (Å²) in [4.78, 5) is 17.3. The normalized spacial score (nSPS) is 15.2. The highest BCUT2D eigenvalue weighted by atomic mass is 32.2. The maximum Gasteiger partial charge on any atom is 0.277 e. The number of pyridine rings is 1. The van der Waals surface area contributed by atoms with Crippen LogP contribution in [0.1, 0.15) is 23.6 Å². The fourth-order valence-electron chi connectivity index (χ4n) is 3.71. The third-order valence-electron chi connectivity index (χ3n) is 5.48. The predicted octanol–water partition coefficient (Wildman–Crippen LogP) is 4.75. The van der Waals surface area contributed by atoms with Gasteiger partial charge in [0, 0.05) is 18.8 Å². The molecule has 5 rings (SSSR count). The molecule has 1 unspecified atom stereocenters. The minimum atomic E-state index is -0.352. The average molecular weight is 490 g/mol. The number of ether oxygens (including phenoxy) is 1. The highest BCUT2D eigenvalue weighted by molar-refractivity contribution is 7.99. The molecule has 176 valence electrons. The van der Waals surface area contributed by atoms with Crippen LogP contribution >= 0.6 is 11.8 Å². The molecule has 0 bridgehead atoms. The van der Waals surface area contributed by atoms with Crippen molar-refractivity contribution in [3.63, 3.8) is 0 Å². The highest BCUT2D eigenvalue weighted by Crippen LogP contribution is 2.34. The molecule has 1 amide bonds. The van der Waals surface area contributed by atoms with Gasteiger partial charge in [-0.3, -0.25) is 9.78 Å². The minimum Gasteiger partial charge on any atom is -0.497 e. The fourth-order valence-corrected chi connectivity index (χ4v) is 4.32. The summed E-state index contributed by atoms with van der Waals surface area (Å²) in [5.41, 5.74) is 3.15. The van der Waals surface area contributed by atoms with E-state index >= 15 is 0 Å². The van der Waals surface area contributed by atoms with E-state index in [1.54, 1.807) is 37.7 Å². The van der Waals surface area contributed by atoms with E-state index in [1.165, 1.54) is 17.1 Å². The molecule has 2 aromatic heterocycles. The molecule has 1 aliphatic heterocycles. The van der Waals surface area contributed by atoms with Gasteiger partial charge in [0.2, 0.25) is 5.89 Å². The van der Waals surface area contributed by atoms with E-state index in [0.29, 0.717) is 17.9 Å². The van der Waals surface area contributed by atoms with Crippen molar-refractivity contribution in [1.29, 1.82) is 0 Å². The van der Waals surface area contributed by atoms with Crippen LogP contribution in [0.25, 0.3) is 11.5 Å². The Kier molecular flexibility index (Phi) is 6.53. The smallest absolute Gasteiger partial charge is 0.277 e. The zero-order valence-electron chi connectivity index (χ0n) is 18.7. The molecule has 0 saturated heterocycles. The number of amides is 1. The number of hydrogen-bond donors (Lipinski definition) is 0. The molecule has 0 N–H and O–H groups in total. The van der Waals surface area contributed by atoms with Crippen LogP contribution < -0.4 is 4.74 Å². The second-order valence-corrected chi connectivity index (χ2v) is 8.62. The summed E-state index contributed by atoms with van der Waals surface area (Å²) < 4.78 is 24.4. The Morgan fingerprint density at radius 1 is 1.11 bits per heavy atom. The second kappa shape index (κ2) is 10.1. The molecule has 0 fully saturated rings. The topological polar surface area (TPSA) is 93.7 Å². The maximum absolute atomic E-state index is 13.5. The molecule has 0 saturated carbocycles. The lowest BCUT2D eigenvalue weighted by Crippen LogP contribution is -2.28. The van der Waals surface area contributed by atoms with Gasteiger partial charge in [-0.15, -0.1) is 10.2 Å². The van der Waals surface area contributed by atoms with Crippen molar-refractivity contribution < 1.29 is 18.3 Å². The lowest BCUT2D eigenvalue weighted by Gasteiger charge is -2.21. The van der Waals surface area contributed by atoms with Gasteiger partial charge in [0.15, 0.2) is 0 Å². The number of halogens is 1. The first-order chi connectivity index (χ1) is 17.1. The number of carbonyl (C=O) groups is 1. The molecular weight excluding hydrogens is 469 g/mol. The SMILES string of the molecule is COc1ccc(C2=NN(C(=O)CSc3nnc(-c4cccnc4)o3)C(c3ccc(F)cc3)C2)cc1. The first kappa shape index (κ1) is 22.7. The Labute approximate surface area is 204 Å². The molecule has 2 aromatic carbocycles. The van der Waals surface area contributed by atoms with E-state index in [0.717, 1.165) is 34.3 Å². The maximum atomic E-state index is 13.5. The van der Waals surface area contributed by atoms with Crippen molar-refractivity contribution >= 4 is 23.4 Å². The van der Waals surface area contributed by atoms with Crippen molar-refractivity contribution in [2.75, 3.05) is 12.9 Å². The third kappa shape index (κ3) is 5.07. The fraction of sp³-hybridized carbons (Fsp3) is 0.160. The molecule has 1 atom stereocenters. The van der Waals surface area contributed by atoms with E-state index in [9.17, 15) is 9.18 Å². The van der Waals surface area contributed by atoms with E-state index < -0.39 is 0 Å². The highest BCUT2D eigenvalue weighted by Gasteiger charge is 2.33. The van der Waals surface area contributed by atoms with Crippen LogP contribution in [0.3, 0.4) is 0 Å². The standard InChI is InChI=1S/C25H20FN5O3S/c1-33-20-10-6-16(7-11-20)21-13-22(17-4-8-19(26)9-5-17)31(30-21)23(32)15-35-25-29-28-24(34-25)18-3-2-12-27-14-18/h2-12,14,22H,13,15H2,1H3. The number of carbonyl (C=O) groups excluding carboxylic acids is 1. The molecule has 3 heterocycles. The number of nitrogens with zero attached hydrogens (tertiary/aromatic N) is 5. The Morgan fingerprint density at radius 3 is 2.63 bits per heavy atom. The lowest BCUT2D eigenvalue weighted by molar-refractivity contribution is -0.130. The summed E-state index contributed by atoms with van der Waals surface area (Å²) in [5.74, 6) is 0.549. The predicted molar refractivity (Wildman–Crippen MR) is 128 cm³/mol. The Balaban J connectivity index is 1.34. The Hall–Kier alpha value is -4.05. The summed E-state index contributed by atoms with van der Waals surface area (Å²) in [7, 11) is 1.60. The summed E-state index contributed by atoms with van der Waals surface area (Å²) in [6, 6.07) is 16.9. The van der Waals surface area contributed by atoms with Crippen LogP contribution in [0, 0.1) is 5.82 Å². The molecule has 1 aliphatic rings. The van der Waals surface area contributed by atoms with Crippen LogP contribution in [0.5, 0.6) is 5.75 Å². The summed E-state index contributed by atoms with van der Waals surface area (Å²) in [6.07, 6.45) is 3.78. The number of methoxy groups -OCH3 is 1. The van der Waals surface area contributed by atoms with Gasteiger partial charge in [0.1, 0.15) is 11.6 Å². The van der Waals surface area contributed by atoms with Crippen LogP contribution in [-0.2, 0) is 4.79 Å². The average Bonchev–Trinajstić information content (AvgIpc) is 3.56. The summed E-state index contributed by atoms with van der Waals surface area (Å²) in [6.45, 7) is 0. The molecule has 35 heavy (non-hydrogen) atoms. The number of rotatable bonds is 7. The van der Waals surface area contributed by atoms with Gasteiger partial charge in [0.05, 0.1) is 30.2 Å². The van der Waals surface area contributed by atoms with Gasteiger partial charge in [-0.2, -0.15) is 5.10 Å². The number of hydrazone groups is 1. The van der Waals surface area contributed by atoms with E-state index in [4.69, 9.17) is 9.15 Å². The number of hydrogen-bond acceptors (Lipinski definition) is 8.